The molecule has 0 N–H and O–H groups in total. The van der Waals surface area contributed by atoms with E-state index in [1.807, 2.05) is 0 Å². The lowest BCUT2D eigenvalue weighted by Gasteiger charge is -2.37. The molecule has 1 saturated heterocycles. The molecule has 2 aliphatic rings. The second kappa shape index (κ2) is 6.36. The zero-order chi connectivity index (χ0) is 17.4. The minimum Gasteiger partial charge on any atom is -0.486 e. The molecule has 0 radical (unpaired) electrons. The van der Waals surface area contributed by atoms with Crippen molar-refractivity contribution in [2.75, 3.05) is 26.3 Å². The van der Waals surface area contributed by atoms with Gasteiger partial charge in [-0.1, -0.05) is 11.6 Å². The summed E-state index contributed by atoms with van der Waals surface area (Å²) >= 11 is 5.99. The van der Waals surface area contributed by atoms with Crippen LogP contribution >= 0.6 is 11.6 Å². The van der Waals surface area contributed by atoms with Crippen molar-refractivity contribution in [3.05, 3.63) is 41.6 Å². The molecule has 25 heavy (non-hydrogen) atoms. The van der Waals surface area contributed by atoms with E-state index in [4.69, 9.17) is 25.8 Å². The van der Waals surface area contributed by atoms with Crippen LogP contribution in [0.25, 0.3) is 0 Å². The maximum Gasteiger partial charge on any atom is 0.243 e. The minimum absolute atomic E-state index is 0.172. The fourth-order valence-electron chi connectivity index (χ4n) is 2.62. The van der Waals surface area contributed by atoms with Crippen molar-refractivity contribution in [1.82, 2.24) is 9.29 Å². The number of ether oxygens (including phenoxy) is 3. The van der Waals surface area contributed by atoms with Crippen LogP contribution in [0.15, 0.2) is 41.4 Å². The fourth-order valence-corrected chi connectivity index (χ4v) is 4.31. The normalized spacial score (nSPS) is 17.8. The minimum atomic E-state index is -3.61. The first-order chi connectivity index (χ1) is 12.0. The lowest BCUT2D eigenvalue weighted by molar-refractivity contribution is 0.0721. The highest BCUT2D eigenvalue weighted by Gasteiger charge is 2.39. The molecular formula is C16H15ClN2O5S. The van der Waals surface area contributed by atoms with E-state index in [1.54, 1.807) is 24.4 Å². The Morgan fingerprint density at radius 3 is 2.68 bits per heavy atom. The Kier molecular flexibility index (Phi) is 4.18. The van der Waals surface area contributed by atoms with Gasteiger partial charge < -0.3 is 14.2 Å². The molecule has 0 unspecified atom stereocenters. The van der Waals surface area contributed by atoms with Crippen LogP contribution in [0.3, 0.4) is 0 Å². The van der Waals surface area contributed by atoms with Crippen molar-refractivity contribution >= 4 is 21.6 Å². The van der Waals surface area contributed by atoms with Crippen LogP contribution in [0.4, 0.5) is 0 Å². The number of nitrogens with zero attached hydrogens (tertiary/aromatic N) is 2. The lowest BCUT2D eigenvalue weighted by atomic mass is 10.2. The van der Waals surface area contributed by atoms with E-state index < -0.39 is 10.0 Å². The molecule has 0 saturated carbocycles. The van der Waals surface area contributed by atoms with Gasteiger partial charge >= 0.3 is 0 Å². The van der Waals surface area contributed by atoms with Crippen LogP contribution < -0.4 is 14.2 Å². The molecule has 1 aromatic heterocycles. The number of rotatable bonds is 4. The highest BCUT2D eigenvalue weighted by atomic mass is 35.5. The second-order valence-electron chi connectivity index (χ2n) is 5.66. The monoisotopic (exact) mass is 382 g/mol. The topological polar surface area (TPSA) is 78.0 Å². The Morgan fingerprint density at radius 2 is 1.92 bits per heavy atom. The van der Waals surface area contributed by atoms with E-state index in [1.165, 1.54) is 16.4 Å². The molecule has 3 heterocycles. The van der Waals surface area contributed by atoms with Crippen LogP contribution in [0.5, 0.6) is 17.4 Å². The van der Waals surface area contributed by atoms with E-state index in [9.17, 15) is 8.42 Å². The number of benzene rings is 1. The van der Waals surface area contributed by atoms with Gasteiger partial charge in [0.1, 0.15) is 24.3 Å². The van der Waals surface area contributed by atoms with Crippen LogP contribution in [-0.4, -0.2) is 50.1 Å². The molecule has 0 bridgehead atoms. The van der Waals surface area contributed by atoms with E-state index >= 15 is 0 Å². The highest BCUT2D eigenvalue weighted by Crippen LogP contribution is 2.34. The third-order valence-corrected chi connectivity index (χ3v) is 6.08. The van der Waals surface area contributed by atoms with Gasteiger partial charge in [-0.25, -0.2) is 13.4 Å². The molecule has 1 aromatic carbocycles. The lowest BCUT2D eigenvalue weighted by Crippen LogP contribution is -2.56. The molecule has 0 aliphatic carbocycles. The van der Waals surface area contributed by atoms with Gasteiger partial charge in [0, 0.05) is 12.3 Å². The average molecular weight is 383 g/mol. The number of sulfonamides is 1. The first-order valence-electron chi connectivity index (χ1n) is 7.71. The van der Waals surface area contributed by atoms with Gasteiger partial charge in [-0.05, 0) is 24.3 Å². The number of pyridine rings is 1. The Balaban J connectivity index is 1.45. The van der Waals surface area contributed by atoms with Crippen LogP contribution in [0, 0.1) is 0 Å². The van der Waals surface area contributed by atoms with Gasteiger partial charge in [-0.2, -0.15) is 4.31 Å². The van der Waals surface area contributed by atoms with Gasteiger partial charge in [-0.15, -0.1) is 0 Å². The second-order valence-corrected chi connectivity index (χ2v) is 8.00. The van der Waals surface area contributed by atoms with Crippen LogP contribution in [0.1, 0.15) is 0 Å². The number of halogens is 1. The van der Waals surface area contributed by atoms with Crippen molar-refractivity contribution in [2.45, 2.75) is 11.0 Å². The third-order valence-electron chi connectivity index (χ3n) is 3.97. The summed E-state index contributed by atoms with van der Waals surface area (Å²) in [6.45, 7) is 1.34. The smallest absolute Gasteiger partial charge is 0.243 e. The predicted octanol–water partition coefficient (Wildman–Crippen LogP) is 1.96. The largest absolute Gasteiger partial charge is 0.486 e. The highest BCUT2D eigenvalue weighted by molar-refractivity contribution is 7.89. The van der Waals surface area contributed by atoms with Gasteiger partial charge in [0.15, 0.2) is 11.5 Å². The molecule has 2 aliphatic heterocycles. The summed E-state index contributed by atoms with van der Waals surface area (Å²) in [4.78, 5) is 4.21. The molecule has 4 rings (SSSR count). The summed E-state index contributed by atoms with van der Waals surface area (Å²) in [6.07, 6.45) is 1.29. The number of fused-ring (bicyclic) bond motifs is 1. The third kappa shape index (κ3) is 3.12. The van der Waals surface area contributed by atoms with E-state index in [0.29, 0.717) is 35.6 Å². The summed E-state index contributed by atoms with van der Waals surface area (Å²) in [6, 6.07) is 8.00. The van der Waals surface area contributed by atoms with Crippen LogP contribution in [0.2, 0.25) is 5.02 Å². The van der Waals surface area contributed by atoms with E-state index in [-0.39, 0.29) is 24.1 Å². The standard InChI is InChI=1S/C16H15ClN2O5S/c17-13-2-1-5-18-16(13)24-11-9-19(10-11)25(20,21)12-3-4-14-15(8-12)23-7-6-22-14/h1-5,8,11H,6-7,9-10H2. The molecule has 9 heteroatoms. The molecule has 0 amide bonds. The Bertz CT molecular complexity index is 899. The zero-order valence-electron chi connectivity index (χ0n) is 13.1. The first-order valence-corrected chi connectivity index (χ1v) is 9.53. The van der Waals surface area contributed by atoms with Crippen LogP contribution in [-0.2, 0) is 10.0 Å². The Hall–Kier alpha value is -2.03. The van der Waals surface area contributed by atoms with Crippen molar-refractivity contribution in [1.29, 1.82) is 0 Å². The van der Waals surface area contributed by atoms with Gasteiger partial charge in [0.25, 0.3) is 0 Å². The van der Waals surface area contributed by atoms with Crippen molar-refractivity contribution in [3.63, 3.8) is 0 Å². The molecule has 7 nitrogen and oxygen atoms in total. The van der Waals surface area contributed by atoms with Crippen molar-refractivity contribution < 1.29 is 22.6 Å². The van der Waals surface area contributed by atoms with Gasteiger partial charge in [-0.3, -0.25) is 0 Å². The van der Waals surface area contributed by atoms with Crippen molar-refractivity contribution in [3.8, 4) is 17.4 Å². The summed E-state index contributed by atoms with van der Waals surface area (Å²) in [5, 5.41) is 0.399. The maximum atomic E-state index is 12.7. The summed E-state index contributed by atoms with van der Waals surface area (Å²) in [5.41, 5.74) is 0. The zero-order valence-corrected chi connectivity index (χ0v) is 14.7. The molecule has 2 aromatic rings. The Labute approximate surface area is 150 Å². The SMILES string of the molecule is O=S(=O)(c1ccc2c(c1)OCCO2)N1CC(Oc2ncccc2Cl)C1. The molecule has 0 spiro atoms. The van der Waals surface area contributed by atoms with Gasteiger partial charge in [0.05, 0.1) is 18.0 Å². The number of hydrogen-bond donors (Lipinski definition) is 0. The molecule has 0 atom stereocenters. The molecular weight excluding hydrogens is 368 g/mol. The molecule has 132 valence electrons. The quantitative estimate of drug-likeness (QED) is 0.804. The Morgan fingerprint density at radius 1 is 1.16 bits per heavy atom. The van der Waals surface area contributed by atoms with Gasteiger partial charge in [0.2, 0.25) is 15.9 Å². The van der Waals surface area contributed by atoms with E-state index in [2.05, 4.69) is 4.98 Å². The first kappa shape index (κ1) is 16.4. The number of hydrogen-bond acceptors (Lipinski definition) is 6. The summed E-state index contributed by atoms with van der Waals surface area (Å²) in [7, 11) is -3.61. The van der Waals surface area contributed by atoms with E-state index in [0.717, 1.165) is 0 Å². The fraction of sp³-hybridized carbons (Fsp3) is 0.312. The number of aromatic nitrogens is 1. The maximum absolute atomic E-state index is 12.7. The predicted molar refractivity (Wildman–Crippen MR) is 89.9 cm³/mol. The summed E-state index contributed by atoms with van der Waals surface area (Å²) < 4.78 is 43.2. The molecule has 1 fully saturated rings. The average Bonchev–Trinajstić information content (AvgIpc) is 2.58. The van der Waals surface area contributed by atoms with Crippen molar-refractivity contribution in [2.24, 2.45) is 0 Å². The summed E-state index contributed by atoms with van der Waals surface area (Å²) in [5.74, 6) is 1.31.